The van der Waals surface area contributed by atoms with Crippen LogP contribution in [0.25, 0.3) is 0 Å². The van der Waals surface area contributed by atoms with Crippen LogP contribution >= 0.6 is 0 Å². The third-order valence-corrected chi connectivity index (χ3v) is 10.5. The summed E-state index contributed by atoms with van der Waals surface area (Å²) in [5.74, 6) is 0.191. The van der Waals surface area contributed by atoms with Crippen molar-refractivity contribution in [1.29, 1.82) is 0 Å². The highest BCUT2D eigenvalue weighted by molar-refractivity contribution is 5.90. The van der Waals surface area contributed by atoms with Crippen molar-refractivity contribution >= 4 is 23.4 Å². The van der Waals surface area contributed by atoms with Crippen molar-refractivity contribution in [2.75, 3.05) is 11.9 Å². The van der Waals surface area contributed by atoms with Crippen LogP contribution in [-0.2, 0) is 30.5 Å². The lowest BCUT2D eigenvalue weighted by Gasteiger charge is -2.50. The van der Waals surface area contributed by atoms with Crippen molar-refractivity contribution in [1.82, 2.24) is 15.7 Å². The number of hydrogen-bond donors (Lipinski definition) is 5. The summed E-state index contributed by atoms with van der Waals surface area (Å²) in [6, 6.07) is 15.6. The van der Waals surface area contributed by atoms with Crippen molar-refractivity contribution in [2.45, 2.75) is 147 Å². The lowest BCUT2D eigenvalue weighted by atomic mass is 9.75. The smallest absolute Gasteiger partial charge is 0.243 e. The lowest BCUT2D eigenvalue weighted by Crippen LogP contribution is -2.61. The Bertz CT molecular complexity index is 1450. The first-order valence-electron chi connectivity index (χ1n) is 18.9. The first kappa shape index (κ1) is 38.9. The van der Waals surface area contributed by atoms with E-state index < -0.39 is 12.2 Å². The van der Waals surface area contributed by atoms with Gasteiger partial charge in [-0.05, 0) is 88.5 Å². The minimum Gasteiger partial charge on any atom is -0.392 e. The van der Waals surface area contributed by atoms with Crippen LogP contribution in [0.2, 0.25) is 0 Å². The Morgan fingerprint density at radius 2 is 1.59 bits per heavy atom. The number of rotatable bonds is 14. The van der Waals surface area contributed by atoms with Gasteiger partial charge in [0.25, 0.3) is 0 Å². The van der Waals surface area contributed by atoms with Crippen LogP contribution in [-0.4, -0.2) is 63.2 Å². The molecule has 2 aliphatic heterocycles. The van der Waals surface area contributed by atoms with Crippen LogP contribution in [0, 0.1) is 5.92 Å². The maximum absolute atomic E-state index is 13.8. The minimum absolute atomic E-state index is 0.0302. The molecular formula is C40H58N4O7. The molecule has 0 aromatic heterocycles. The average molecular weight is 707 g/mol. The highest BCUT2D eigenvalue weighted by atomic mass is 16.7. The zero-order valence-corrected chi connectivity index (χ0v) is 30.6. The van der Waals surface area contributed by atoms with E-state index in [9.17, 15) is 19.5 Å². The molecule has 6 atom stereocenters. The summed E-state index contributed by atoms with van der Waals surface area (Å²) in [5, 5.41) is 24.5. The van der Waals surface area contributed by atoms with Gasteiger partial charge in [-0.1, -0.05) is 62.1 Å². The molecule has 3 aliphatic rings. The molecule has 2 aromatic rings. The largest absolute Gasteiger partial charge is 0.392 e. The van der Waals surface area contributed by atoms with Crippen molar-refractivity contribution in [3.05, 3.63) is 65.2 Å². The average Bonchev–Trinajstić information content (AvgIpc) is 3.12. The van der Waals surface area contributed by atoms with Crippen LogP contribution in [0.5, 0.6) is 0 Å². The fourth-order valence-electron chi connectivity index (χ4n) is 7.96. The van der Waals surface area contributed by atoms with E-state index in [1.54, 1.807) is 5.48 Å². The number of nitrogens with one attached hydrogen (secondary N) is 3. The molecule has 2 aromatic carbocycles. The number of anilines is 1. The molecule has 3 amide bonds. The van der Waals surface area contributed by atoms with Crippen molar-refractivity contribution in [3.63, 3.8) is 0 Å². The molecular weight excluding hydrogens is 648 g/mol. The monoisotopic (exact) mass is 706 g/mol. The van der Waals surface area contributed by atoms with Gasteiger partial charge in [-0.25, -0.2) is 5.48 Å². The number of unbranched alkanes of at least 4 members (excludes halogenated alkanes) is 3. The Hall–Kier alpha value is -3.35. The molecule has 11 heteroatoms. The Kier molecular flexibility index (Phi) is 14.0. The van der Waals surface area contributed by atoms with E-state index >= 15 is 0 Å². The van der Waals surface area contributed by atoms with Gasteiger partial charge in [0.05, 0.1) is 24.9 Å². The van der Waals surface area contributed by atoms with Gasteiger partial charge in [0, 0.05) is 48.6 Å². The molecule has 11 nitrogen and oxygen atoms in total. The normalized spacial score (nSPS) is 25.4. The maximum Gasteiger partial charge on any atom is 0.243 e. The van der Waals surface area contributed by atoms with E-state index in [0.717, 1.165) is 48.8 Å². The lowest BCUT2D eigenvalue weighted by molar-refractivity contribution is -0.255. The molecule has 51 heavy (non-hydrogen) atoms. The summed E-state index contributed by atoms with van der Waals surface area (Å²) in [5.41, 5.74) is 4.62. The van der Waals surface area contributed by atoms with Crippen molar-refractivity contribution < 1.29 is 34.2 Å². The zero-order valence-electron chi connectivity index (χ0n) is 30.6. The third-order valence-electron chi connectivity index (χ3n) is 10.5. The van der Waals surface area contributed by atoms with Gasteiger partial charge in [-0.2, -0.15) is 0 Å². The van der Waals surface area contributed by atoms with Crippen LogP contribution in [0.3, 0.4) is 0 Å². The molecule has 5 rings (SSSR count). The number of carbonyl (C=O) groups excluding carboxylic acids is 3. The number of aliphatic hydroxyl groups excluding tert-OH is 1. The fraction of sp³-hybridized carbons (Fsp3) is 0.625. The molecule has 280 valence electrons. The van der Waals surface area contributed by atoms with Crippen LogP contribution in [0.1, 0.15) is 133 Å². The van der Waals surface area contributed by atoms with Gasteiger partial charge in [0.15, 0.2) is 6.29 Å². The summed E-state index contributed by atoms with van der Waals surface area (Å²) in [4.78, 5) is 40.2. The zero-order chi connectivity index (χ0) is 36.4. The molecule has 2 heterocycles. The maximum atomic E-state index is 13.8. The number of benzene rings is 2. The first-order valence-corrected chi connectivity index (χ1v) is 18.9. The van der Waals surface area contributed by atoms with E-state index in [1.165, 1.54) is 19.3 Å². The molecule has 0 spiro atoms. The highest BCUT2D eigenvalue weighted by Crippen LogP contribution is 2.42. The van der Waals surface area contributed by atoms with E-state index in [-0.39, 0.29) is 48.6 Å². The van der Waals surface area contributed by atoms with Gasteiger partial charge in [-0.3, -0.25) is 24.5 Å². The Morgan fingerprint density at radius 1 is 0.863 bits per heavy atom. The van der Waals surface area contributed by atoms with Gasteiger partial charge >= 0.3 is 0 Å². The van der Waals surface area contributed by atoms with Crippen LogP contribution in [0.15, 0.2) is 48.5 Å². The number of hydrogen-bond acceptors (Lipinski definition) is 8. The molecule has 1 aliphatic carbocycles. The SMILES string of the molecule is CC(C)(C)NC(=O)C1CCC2CCCCC2N1CC1CC(c2ccc(CO)cc2)OC(c2cccc(NC(=O)CCCCCCC(=O)NO)c2)O1. The predicted octanol–water partition coefficient (Wildman–Crippen LogP) is 6.45. The fourth-order valence-corrected chi connectivity index (χ4v) is 7.96. The molecule has 0 radical (unpaired) electrons. The summed E-state index contributed by atoms with van der Waals surface area (Å²) >= 11 is 0. The topological polar surface area (TPSA) is 149 Å². The number of carbonyl (C=O) groups is 3. The first-order chi connectivity index (χ1) is 24.5. The van der Waals surface area contributed by atoms with Gasteiger partial charge in [0.1, 0.15) is 0 Å². The molecule has 5 N–H and O–H groups in total. The van der Waals surface area contributed by atoms with Gasteiger partial charge in [0.2, 0.25) is 17.7 Å². The molecule has 2 saturated heterocycles. The summed E-state index contributed by atoms with van der Waals surface area (Å²) in [7, 11) is 0. The standard InChI is InChI=1S/C40H58N4O7/c1-40(2,3)42-38(48)34-22-21-28-11-8-9-14-33(28)44(34)25-32-24-35(29-19-17-27(26-45)18-20-29)51-39(50-32)30-12-10-13-31(23-30)41-36(46)15-6-4-5-7-16-37(47)43-49/h10,12-13,17-20,23,28,32-35,39,45,49H,4-9,11,14-16,21-22,24-26H2,1-3H3,(H,41,46)(H,42,48)(H,43,47). The number of hydroxylamine groups is 1. The van der Waals surface area contributed by atoms with E-state index in [4.69, 9.17) is 14.7 Å². The second-order valence-electron chi connectivity index (χ2n) is 15.6. The number of aliphatic hydroxyl groups is 1. The number of amides is 3. The van der Waals surface area contributed by atoms with Crippen LogP contribution < -0.4 is 16.1 Å². The highest BCUT2D eigenvalue weighted by Gasteiger charge is 2.44. The van der Waals surface area contributed by atoms with Crippen LogP contribution in [0.4, 0.5) is 5.69 Å². The van der Waals surface area contributed by atoms with Crippen molar-refractivity contribution in [3.8, 4) is 0 Å². The minimum atomic E-state index is -0.687. The Balaban J connectivity index is 1.31. The van der Waals surface area contributed by atoms with E-state index in [0.29, 0.717) is 49.9 Å². The Morgan fingerprint density at radius 3 is 2.29 bits per heavy atom. The summed E-state index contributed by atoms with van der Waals surface area (Å²) in [6.07, 6.45) is 9.69. The summed E-state index contributed by atoms with van der Waals surface area (Å²) in [6.45, 7) is 6.68. The summed E-state index contributed by atoms with van der Waals surface area (Å²) < 4.78 is 13.4. The second kappa shape index (κ2) is 18.4. The number of piperidine rings is 1. The van der Waals surface area contributed by atoms with E-state index in [1.807, 2.05) is 69.3 Å². The third kappa shape index (κ3) is 11.3. The Labute approximate surface area is 302 Å². The number of likely N-dealkylation sites (tertiary alicyclic amines) is 1. The van der Waals surface area contributed by atoms with Crippen molar-refractivity contribution in [2.24, 2.45) is 5.92 Å². The number of nitrogens with zero attached hydrogens (tertiary/aromatic N) is 1. The molecule has 3 fully saturated rings. The van der Waals surface area contributed by atoms with E-state index in [2.05, 4.69) is 15.5 Å². The molecule has 0 bridgehead atoms. The quantitative estimate of drug-likeness (QED) is 0.0856. The molecule has 6 unspecified atom stereocenters. The predicted molar refractivity (Wildman–Crippen MR) is 194 cm³/mol. The number of fused-ring (bicyclic) bond motifs is 1. The van der Waals surface area contributed by atoms with Gasteiger partial charge < -0.3 is 25.2 Å². The number of ether oxygens (including phenoxy) is 2. The second-order valence-corrected chi connectivity index (χ2v) is 15.6. The molecule has 1 saturated carbocycles. The van der Waals surface area contributed by atoms with Gasteiger partial charge in [-0.15, -0.1) is 0 Å².